The number of hydrogen-bond acceptors (Lipinski definition) is 5. The fourth-order valence-corrected chi connectivity index (χ4v) is 5.93. The summed E-state index contributed by atoms with van der Waals surface area (Å²) in [6, 6.07) is 11.2. The minimum Gasteiger partial charge on any atom is -0.445 e. The minimum absolute atomic E-state index is 0.0739. The van der Waals surface area contributed by atoms with E-state index in [1.54, 1.807) is 35.0 Å². The Labute approximate surface area is 221 Å². The molecule has 1 heterocycles. The first-order valence-corrected chi connectivity index (χ1v) is 14.4. The third-order valence-corrected chi connectivity index (χ3v) is 7.76. The molecule has 0 fully saturated rings. The van der Waals surface area contributed by atoms with Gasteiger partial charge >= 0.3 is 6.09 Å². The Morgan fingerprint density at radius 3 is 2.47 bits per heavy atom. The van der Waals surface area contributed by atoms with E-state index >= 15 is 0 Å². The molecule has 10 heteroatoms. The number of benzene rings is 2. The van der Waals surface area contributed by atoms with Crippen molar-refractivity contribution in [2.75, 3.05) is 32.1 Å². The molecule has 0 aromatic heterocycles. The fourth-order valence-electron chi connectivity index (χ4n) is 4.72. The first kappa shape index (κ1) is 26.5. The molecule has 0 saturated heterocycles. The Morgan fingerprint density at radius 1 is 1.11 bits per heavy atom. The molecule has 0 radical (unpaired) electrons. The molecule has 0 N–H and O–H groups in total. The first-order valence-electron chi connectivity index (χ1n) is 11.6. The average molecular weight is 551 g/mol. The molecule has 2 aromatic carbocycles. The second-order valence-electron chi connectivity index (χ2n) is 9.30. The number of sulfone groups is 1. The third kappa shape index (κ3) is 6.41. The van der Waals surface area contributed by atoms with Crippen molar-refractivity contribution >= 4 is 50.6 Å². The van der Waals surface area contributed by atoms with E-state index in [0.717, 1.165) is 41.4 Å². The van der Waals surface area contributed by atoms with Gasteiger partial charge in [-0.05, 0) is 71.4 Å². The number of carbonyl (C=O) groups is 2. The van der Waals surface area contributed by atoms with E-state index in [9.17, 15) is 18.0 Å². The summed E-state index contributed by atoms with van der Waals surface area (Å²) in [5.41, 5.74) is 5.17. The van der Waals surface area contributed by atoms with E-state index in [4.69, 9.17) is 27.9 Å². The van der Waals surface area contributed by atoms with Gasteiger partial charge in [-0.25, -0.2) is 13.2 Å². The van der Waals surface area contributed by atoms with Gasteiger partial charge in [-0.3, -0.25) is 4.79 Å². The predicted octanol–water partition coefficient (Wildman–Crippen LogP) is 4.91. The van der Waals surface area contributed by atoms with Gasteiger partial charge in [0.15, 0.2) is 9.84 Å². The van der Waals surface area contributed by atoms with Crippen LogP contribution in [-0.4, -0.2) is 62.4 Å². The molecule has 2 amide bonds. The summed E-state index contributed by atoms with van der Waals surface area (Å²) in [5.74, 6) is -0.842. The molecule has 0 spiro atoms. The fraction of sp³-hybridized carbons (Fsp3) is 0.385. The van der Waals surface area contributed by atoms with E-state index in [1.807, 2.05) is 6.08 Å². The highest BCUT2D eigenvalue weighted by Crippen LogP contribution is 2.38. The summed E-state index contributed by atoms with van der Waals surface area (Å²) in [5, 5.41) is 0.970. The lowest BCUT2D eigenvalue weighted by atomic mass is 9.95. The number of fused-ring (bicyclic) bond motifs is 1. The van der Waals surface area contributed by atoms with Crippen molar-refractivity contribution in [2.45, 2.75) is 31.9 Å². The van der Waals surface area contributed by atoms with E-state index in [-0.39, 0.29) is 18.6 Å². The SMILES string of the molecule is CN(C(=O)OCc1cc(Cl)cc(Cl)c1)C1CCc2ccc(C3=CCN(C(=O)CS(C)(=O)=O)CC3)cc21. The molecule has 0 bridgehead atoms. The van der Waals surface area contributed by atoms with Crippen LogP contribution in [-0.2, 0) is 32.4 Å². The van der Waals surface area contributed by atoms with Crippen molar-refractivity contribution in [3.05, 3.63) is 74.8 Å². The summed E-state index contributed by atoms with van der Waals surface area (Å²) in [6.07, 6.45) is 4.93. The molecule has 2 aliphatic rings. The van der Waals surface area contributed by atoms with Gasteiger partial charge in [-0.1, -0.05) is 41.4 Å². The van der Waals surface area contributed by atoms with Gasteiger partial charge in [0.05, 0.1) is 6.04 Å². The molecule has 4 rings (SSSR count). The maximum atomic E-state index is 12.8. The molecular weight excluding hydrogens is 523 g/mol. The molecule has 1 aliphatic carbocycles. The van der Waals surface area contributed by atoms with Crippen LogP contribution in [0.25, 0.3) is 5.57 Å². The quantitative estimate of drug-likeness (QED) is 0.510. The van der Waals surface area contributed by atoms with Crippen molar-refractivity contribution in [2.24, 2.45) is 0 Å². The minimum atomic E-state index is -3.36. The molecule has 0 saturated carbocycles. The number of amides is 2. The summed E-state index contributed by atoms with van der Waals surface area (Å²) >= 11 is 12.1. The van der Waals surface area contributed by atoms with Crippen LogP contribution >= 0.6 is 23.2 Å². The predicted molar refractivity (Wildman–Crippen MR) is 141 cm³/mol. The maximum Gasteiger partial charge on any atom is 0.410 e. The Kier molecular flexibility index (Phi) is 7.97. The van der Waals surface area contributed by atoms with Crippen LogP contribution in [0.3, 0.4) is 0 Å². The number of rotatable bonds is 6. The van der Waals surface area contributed by atoms with E-state index < -0.39 is 21.7 Å². The Bertz CT molecular complexity index is 1310. The zero-order valence-corrected chi connectivity index (χ0v) is 22.5. The standard InChI is InChI=1S/C26H28Cl2N2O5S/c1-29(26(32)35-15-17-11-21(27)14-22(28)12-17)24-6-5-19-3-4-20(13-23(19)24)18-7-9-30(10-8-18)25(31)16-36(2,33)34/h3-4,7,11-14,24H,5-6,8-10,15-16H2,1-2H3. The highest BCUT2D eigenvalue weighted by Gasteiger charge is 2.30. The summed E-state index contributed by atoms with van der Waals surface area (Å²) in [6.45, 7) is 0.925. The van der Waals surface area contributed by atoms with Crippen LogP contribution < -0.4 is 0 Å². The van der Waals surface area contributed by atoms with E-state index in [1.165, 1.54) is 5.56 Å². The molecule has 1 aliphatic heterocycles. The largest absolute Gasteiger partial charge is 0.445 e. The lowest BCUT2D eigenvalue weighted by Crippen LogP contribution is -2.38. The number of nitrogens with zero attached hydrogens (tertiary/aromatic N) is 2. The highest BCUT2D eigenvalue weighted by molar-refractivity contribution is 7.91. The topological polar surface area (TPSA) is 84.0 Å². The van der Waals surface area contributed by atoms with Gasteiger partial charge in [-0.2, -0.15) is 0 Å². The highest BCUT2D eigenvalue weighted by atomic mass is 35.5. The summed E-state index contributed by atoms with van der Waals surface area (Å²) in [4.78, 5) is 28.2. The van der Waals surface area contributed by atoms with Gasteiger partial charge in [0.2, 0.25) is 5.91 Å². The summed E-state index contributed by atoms with van der Waals surface area (Å²) in [7, 11) is -1.62. The normalized spacial score (nSPS) is 17.4. The van der Waals surface area contributed by atoms with Gasteiger partial charge in [0.25, 0.3) is 0 Å². The van der Waals surface area contributed by atoms with Crippen molar-refractivity contribution in [3.63, 3.8) is 0 Å². The van der Waals surface area contributed by atoms with Gasteiger partial charge < -0.3 is 14.5 Å². The van der Waals surface area contributed by atoms with Crippen LogP contribution in [0.5, 0.6) is 0 Å². The lowest BCUT2D eigenvalue weighted by molar-refractivity contribution is -0.128. The smallest absolute Gasteiger partial charge is 0.410 e. The molecule has 36 heavy (non-hydrogen) atoms. The van der Waals surface area contributed by atoms with Crippen molar-refractivity contribution in [3.8, 4) is 0 Å². The average Bonchev–Trinajstić information content (AvgIpc) is 3.23. The number of aryl methyl sites for hydroxylation is 1. The Hall–Kier alpha value is -2.55. The molecule has 192 valence electrons. The van der Waals surface area contributed by atoms with Crippen molar-refractivity contribution < 1.29 is 22.7 Å². The zero-order valence-electron chi connectivity index (χ0n) is 20.2. The van der Waals surface area contributed by atoms with Crippen LogP contribution in [0, 0.1) is 0 Å². The number of ether oxygens (including phenoxy) is 1. The lowest BCUT2D eigenvalue weighted by Gasteiger charge is -2.27. The second-order valence-corrected chi connectivity index (χ2v) is 12.3. The Balaban J connectivity index is 1.42. The molecule has 2 aromatic rings. The number of carbonyl (C=O) groups excluding carboxylic acids is 2. The van der Waals surface area contributed by atoms with Crippen molar-refractivity contribution in [1.29, 1.82) is 0 Å². The third-order valence-electron chi connectivity index (χ3n) is 6.55. The maximum absolute atomic E-state index is 12.8. The van der Waals surface area contributed by atoms with Gasteiger partial charge in [0, 0.05) is 36.4 Å². The molecule has 1 atom stereocenters. The molecular formula is C26H28Cl2N2O5S. The van der Waals surface area contributed by atoms with Crippen LogP contribution in [0.1, 0.15) is 41.1 Å². The summed E-state index contributed by atoms with van der Waals surface area (Å²) < 4.78 is 28.4. The van der Waals surface area contributed by atoms with Crippen LogP contribution in [0.2, 0.25) is 10.0 Å². The van der Waals surface area contributed by atoms with Gasteiger partial charge in [0.1, 0.15) is 12.4 Å². The van der Waals surface area contributed by atoms with Crippen LogP contribution in [0.15, 0.2) is 42.5 Å². The number of halogens is 2. The Morgan fingerprint density at radius 2 is 1.83 bits per heavy atom. The molecule has 7 nitrogen and oxygen atoms in total. The number of hydrogen-bond donors (Lipinski definition) is 0. The van der Waals surface area contributed by atoms with E-state index in [2.05, 4.69) is 18.2 Å². The van der Waals surface area contributed by atoms with Gasteiger partial charge in [-0.15, -0.1) is 0 Å². The monoisotopic (exact) mass is 550 g/mol. The molecule has 1 unspecified atom stereocenters. The second kappa shape index (κ2) is 10.8. The van der Waals surface area contributed by atoms with Crippen LogP contribution in [0.4, 0.5) is 4.79 Å². The first-order chi connectivity index (χ1) is 17.0. The zero-order chi connectivity index (χ0) is 26.0. The van der Waals surface area contributed by atoms with Crippen molar-refractivity contribution in [1.82, 2.24) is 9.80 Å². The van der Waals surface area contributed by atoms with E-state index in [0.29, 0.717) is 29.6 Å².